The standard InChI is InChI=1S/C22H20FN5O2S/c23-15-5-7-16(8-6-15)27-9-11-28(12-10-27)20(29)14-31-22-26-25-21(30-22)18-13-24-19-4-2-1-3-17(18)19/h1-8,13,24H,9-12,14H2. The number of amides is 1. The van der Waals surface area contributed by atoms with Crippen LogP contribution in [-0.4, -0.2) is 57.9 Å². The van der Waals surface area contributed by atoms with Gasteiger partial charge in [0, 0.05) is 49.0 Å². The summed E-state index contributed by atoms with van der Waals surface area (Å²) in [4.78, 5) is 19.8. The van der Waals surface area contributed by atoms with Gasteiger partial charge in [-0.2, -0.15) is 0 Å². The molecule has 1 amide bonds. The van der Waals surface area contributed by atoms with E-state index in [0.717, 1.165) is 22.2 Å². The molecule has 31 heavy (non-hydrogen) atoms. The maximum Gasteiger partial charge on any atom is 0.277 e. The van der Waals surface area contributed by atoms with Gasteiger partial charge in [0.1, 0.15) is 5.82 Å². The molecule has 4 aromatic rings. The van der Waals surface area contributed by atoms with Crippen molar-refractivity contribution < 1.29 is 13.6 Å². The number of fused-ring (bicyclic) bond motifs is 1. The topological polar surface area (TPSA) is 78.3 Å². The van der Waals surface area contributed by atoms with Crippen molar-refractivity contribution in [2.45, 2.75) is 5.22 Å². The number of piperazine rings is 1. The van der Waals surface area contributed by atoms with Crippen LogP contribution in [0.25, 0.3) is 22.4 Å². The minimum absolute atomic E-state index is 0.0376. The van der Waals surface area contributed by atoms with Crippen LogP contribution in [0.4, 0.5) is 10.1 Å². The van der Waals surface area contributed by atoms with Gasteiger partial charge in [0.15, 0.2) is 0 Å². The Hall–Kier alpha value is -3.33. The quantitative estimate of drug-likeness (QED) is 0.479. The lowest BCUT2D eigenvalue weighted by molar-refractivity contribution is -0.128. The molecule has 0 atom stereocenters. The molecule has 0 spiro atoms. The van der Waals surface area contributed by atoms with Gasteiger partial charge in [-0.3, -0.25) is 4.79 Å². The first-order valence-corrected chi connectivity index (χ1v) is 11.0. The highest BCUT2D eigenvalue weighted by atomic mass is 32.2. The number of hydrogen-bond acceptors (Lipinski definition) is 6. The Balaban J connectivity index is 1.16. The first kappa shape index (κ1) is 19.6. The highest BCUT2D eigenvalue weighted by molar-refractivity contribution is 7.99. The number of aromatic amines is 1. The Morgan fingerprint density at radius 1 is 1.06 bits per heavy atom. The van der Waals surface area contributed by atoms with Crippen LogP contribution in [0.5, 0.6) is 0 Å². The van der Waals surface area contributed by atoms with Gasteiger partial charge in [-0.15, -0.1) is 10.2 Å². The average molecular weight is 438 g/mol. The zero-order valence-electron chi connectivity index (χ0n) is 16.6. The monoisotopic (exact) mass is 437 g/mol. The fraction of sp³-hybridized carbons (Fsp3) is 0.227. The van der Waals surface area contributed by atoms with Crippen molar-refractivity contribution in [1.82, 2.24) is 20.1 Å². The zero-order valence-corrected chi connectivity index (χ0v) is 17.4. The fourth-order valence-corrected chi connectivity index (χ4v) is 4.37. The molecule has 0 aliphatic carbocycles. The molecule has 1 fully saturated rings. The van der Waals surface area contributed by atoms with Gasteiger partial charge in [-0.1, -0.05) is 30.0 Å². The maximum atomic E-state index is 13.1. The minimum Gasteiger partial charge on any atom is -0.411 e. The SMILES string of the molecule is O=C(CSc1nnc(-c2c[nH]c3ccccc23)o1)N1CCN(c2ccc(F)cc2)CC1. The Labute approximate surface area is 182 Å². The van der Waals surface area contributed by atoms with E-state index in [2.05, 4.69) is 20.1 Å². The van der Waals surface area contributed by atoms with E-state index in [1.54, 1.807) is 12.1 Å². The van der Waals surface area contributed by atoms with E-state index in [9.17, 15) is 9.18 Å². The van der Waals surface area contributed by atoms with Crippen molar-refractivity contribution in [3.63, 3.8) is 0 Å². The third kappa shape index (κ3) is 4.13. The van der Waals surface area contributed by atoms with Crippen LogP contribution >= 0.6 is 11.8 Å². The second-order valence-electron chi connectivity index (χ2n) is 7.25. The van der Waals surface area contributed by atoms with Crippen LogP contribution in [0.2, 0.25) is 0 Å². The molecule has 3 heterocycles. The van der Waals surface area contributed by atoms with E-state index in [0.29, 0.717) is 37.3 Å². The maximum absolute atomic E-state index is 13.1. The summed E-state index contributed by atoms with van der Waals surface area (Å²) < 4.78 is 18.9. The van der Waals surface area contributed by atoms with E-state index in [1.807, 2.05) is 35.4 Å². The molecule has 2 aromatic carbocycles. The number of carbonyl (C=O) groups is 1. The normalized spacial score (nSPS) is 14.4. The molecule has 0 radical (unpaired) electrons. The third-order valence-corrected chi connectivity index (χ3v) is 6.17. The van der Waals surface area contributed by atoms with Crippen molar-refractivity contribution in [1.29, 1.82) is 0 Å². The van der Waals surface area contributed by atoms with E-state index in [1.165, 1.54) is 23.9 Å². The highest BCUT2D eigenvalue weighted by Gasteiger charge is 2.22. The summed E-state index contributed by atoms with van der Waals surface area (Å²) in [6.07, 6.45) is 1.85. The summed E-state index contributed by atoms with van der Waals surface area (Å²) in [5, 5.41) is 9.60. The largest absolute Gasteiger partial charge is 0.411 e. The number of nitrogens with one attached hydrogen (secondary N) is 1. The van der Waals surface area contributed by atoms with Crippen molar-refractivity contribution >= 4 is 34.3 Å². The number of para-hydroxylation sites is 1. The molecule has 2 aromatic heterocycles. The first-order valence-electron chi connectivity index (χ1n) is 9.98. The van der Waals surface area contributed by atoms with Crippen LogP contribution < -0.4 is 4.90 Å². The summed E-state index contributed by atoms with van der Waals surface area (Å²) in [5.74, 6) is 0.464. The van der Waals surface area contributed by atoms with E-state index < -0.39 is 0 Å². The Bertz CT molecular complexity index is 1200. The third-order valence-electron chi connectivity index (χ3n) is 5.37. The molecule has 9 heteroatoms. The van der Waals surface area contributed by atoms with Crippen molar-refractivity contribution in [2.75, 3.05) is 36.8 Å². The van der Waals surface area contributed by atoms with Gasteiger partial charge < -0.3 is 19.2 Å². The number of hydrogen-bond donors (Lipinski definition) is 1. The lowest BCUT2D eigenvalue weighted by Crippen LogP contribution is -2.49. The molecule has 1 aliphatic heterocycles. The summed E-state index contributed by atoms with van der Waals surface area (Å²) in [7, 11) is 0. The molecule has 5 rings (SSSR count). The lowest BCUT2D eigenvalue weighted by Gasteiger charge is -2.36. The summed E-state index contributed by atoms with van der Waals surface area (Å²) in [6, 6.07) is 14.3. The van der Waals surface area contributed by atoms with Gasteiger partial charge in [-0.25, -0.2) is 4.39 Å². The van der Waals surface area contributed by atoms with E-state index in [4.69, 9.17) is 4.42 Å². The van der Waals surface area contributed by atoms with Gasteiger partial charge in [0.2, 0.25) is 5.91 Å². The second kappa shape index (κ2) is 8.43. The van der Waals surface area contributed by atoms with Crippen molar-refractivity contribution in [3.05, 3.63) is 60.5 Å². The van der Waals surface area contributed by atoms with Crippen LogP contribution in [0.1, 0.15) is 0 Å². The Kier molecular flexibility index (Phi) is 5.33. The Morgan fingerprint density at radius 3 is 2.65 bits per heavy atom. The van der Waals surface area contributed by atoms with Crippen LogP contribution in [0.15, 0.2) is 64.4 Å². The second-order valence-corrected chi connectivity index (χ2v) is 8.18. The predicted molar refractivity (Wildman–Crippen MR) is 118 cm³/mol. The molecular weight excluding hydrogens is 417 g/mol. The molecule has 0 bridgehead atoms. The number of carbonyl (C=O) groups excluding carboxylic acids is 1. The number of H-pyrrole nitrogens is 1. The highest BCUT2D eigenvalue weighted by Crippen LogP contribution is 2.29. The number of aromatic nitrogens is 3. The molecule has 0 unspecified atom stereocenters. The van der Waals surface area contributed by atoms with Crippen LogP contribution in [0.3, 0.4) is 0 Å². The van der Waals surface area contributed by atoms with Crippen molar-refractivity contribution in [3.8, 4) is 11.5 Å². The van der Waals surface area contributed by atoms with Crippen molar-refractivity contribution in [2.24, 2.45) is 0 Å². The summed E-state index contributed by atoms with van der Waals surface area (Å²) in [5.41, 5.74) is 2.82. The number of thioether (sulfide) groups is 1. The summed E-state index contributed by atoms with van der Waals surface area (Å²) >= 11 is 1.25. The molecule has 0 saturated carbocycles. The van der Waals surface area contributed by atoms with Crippen LogP contribution in [-0.2, 0) is 4.79 Å². The minimum atomic E-state index is -0.247. The van der Waals surface area contributed by atoms with Gasteiger partial charge in [0.05, 0.1) is 11.3 Å². The summed E-state index contributed by atoms with van der Waals surface area (Å²) in [6.45, 7) is 2.68. The molecule has 7 nitrogen and oxygen atoms in total. The predicted octanol–water partition coefficient (Wildman–Crippen LogP) is 3.80. The van der Waals surface area contributed by atoms with Gasteiger partial charge >= 0.3 is 0 Å². The first-order chi connectivity index (χ1) is 15.2. The smallest absolute Gasteiger partial charge is 0.277 e. The number of halogens is 1. The fourth-order valence-electron chi connectivity index (χ4n) is 3.71. The molecular formula is C22H20FN5O2S. The molecule has 1 N–H and O–H groups in total. The molecule has 158 valence electrons. The lowest BCUT2D eigenvalue weighted by atomic mass is 10.2. The number of benzene rings is 2. The van der Waals surface area contributed by atoms with Crippen LogP contribution in [0, 0.1) is 5.82 Å². The average Bonchev–Trinajstić information content (AvgIpc) is 3.45. The molecule has 1 saturated heterocycles. The Morgan fingerprint density at radius 2 is 1.84 bits per heavy atom. The van der Waals surface area contributed by atoms with Gasteiger partial charge in [-0.05, 0) is 30.3 Å². The van der Waals surface area contributed by atoms with E-state index in [-0.39, 0.29) is 17.5 Å². The number of rotatable bonds is 5. The molecule has 1 aliphatic rings. The number of anilines is 1. The zero-order chi connectivity index (χ0) is 21.2. The van der Waals surface area contributed by atoms with E-state index >= 15 is 0 Å². The number of nitrogens with zero attached hydrogens (tertiary/aromatic N) is 4. The van der Waals surface area contributed by atoms with Gasteiger partial charge in [0.25, 0.3) is 11.1 Å².